The Morgan fingerprint density at radius 2 is 2.24 bits per heavy atom. The van der Waals surface area contributed by atoms with Gasteiger partial charge in [0.15, 0.2) is 0 Å². The summed E-state index contributed by atoms with van der Waals surface area (Å²) < 4.78 is 0.804. The number of pyridine rings is 2. The van der Waals surface area contributed by atoms with Crippen molar-refractivity contribution in [2.45, 2.75) is 12.5 Å². The highest BCUT2D eigenvalue weighted by Crippen LogP contribution is 2.19. The molecule has 1 amide bonds. The van der Waals surface area contributed by atoms with Crippen LogP contribution in [-0.4, -0.2) is 35.0 Å². The Morgan fingerprint density at radius 1 is 1.33 bits per heavy atom. The van der Waals surface area contributed by atoms with Crippen LogP contribution in [0.2, 0.25) is 0 Å². The van der Waals surface area contributed by atoms with Crippen LogP contribution in [0.3, 0.4) is 0 Å². The van der Waals surface area contributed by atoms with E-state index in [4.69, 9.17) is 0 Å². The van der Waals surface area contributed by atoms with E-state index in [0.717, 1.165) is 29.7 Å². The number of anilines is 1. The number of rotatable bonds is 3. The quantitative estimate of drug-likeness (QED) is 0.925. The molecule has 0 aliphatic carbocycles. The largest absolute Gasteiger partial charge is 0.368 e. The molecular formula is C15H15BrN4O. The number of carbonyl (C=O) groups is 1. The minimum absolute atomic E-state index is 0.0816. The van der Waals surface area contributed by atoms with Gasteiger partial charge in [-0.15, -0.1) is 0 Å². The number of aromatic nitrogens is 2. The maximum absolute atomic E-state index is 12.2. The fraction of sp³-hybridized carbons (Fsp3) is 0.267. The average Bonchev–Trinajstić information content (AvgIpc) is 2.97. The first-order valence-electron chi connectivity index (χ1n) is 6.79. The third-order valence-corrected chi connectivity index (χ3v) is 3.94. The zero-order valence-corrected chi connectivity index (χ0v) is 13.0. The molecule has 0 saturated carbocycles. The van der Waals surface area contributed by atoms with E-state index in [1.165, 1.54) is 0 Å². The topological polar surface area (TPSA) is 58.1 Å². The van der Waals surface area contributed by atoms with E-state index < -0.39 is 0 Å². The number of hydrogen-bond acceptors (Lipinski definition) is 4. The minimum Gasteiger partial charge on any atom is -0.368 e. The van der Waals surface area contributed by atoms with Crippen molar-refractivity contribution < 1.29 is 4.79 Å². The molecule has 0 radical (unpaired) electrons. The molecule has 1 N–H and O–H groups in total. The zero-order valence-electron chi connectivity index (χ0n) is 11.4. The lowest BCUT2D eigenvalue weighted by molar-refractivity contribution is 0.0940. The lowest BCUT2D eigenvalue weighted by Gasteiger charge is -2.18. The van der Waals surface area contributed by atoms with Crippen molar-refractivity contribution in [1.29, 1.82) is 0 Å². The van der Waals surface area contributed by atoms with Gasteiger partial charge in [0.25, 0.3) is 5.91 Å². The minimum atomic E-state index is -0.0816. The monoisotopic (exact) mass is 346 g/mol. The summed E-state index contributed by atoms with van der Waals surface area (Å²) in [5, 5.41) is 3.06. The molecule has 0 spiro atoms. The molecule has 2 aromatic rings. The first kappa shape index (κ1) is 14.0. The van der Waals surface area contributed by atoms with Gasteiger partial charge in [0, 0.05) is 42.2 Å². The zero-order chi connectivity index (χ0) is 14.7. The van der Waals surface area contributed by atoms with Gasteiger partial charge in [-0.1, -0.05) is 0 Å². The summed E-state index contributed by atoms with van der Waals surface area (Å²) >= 11 is 3.33. The van der Waals surface area contributed by atoms with Crippen molar-refractivity contribution in [3.63, 3.8) is 0 Å². The van der Waals surface area contributed by atoms with Crippen molar-refractivity contribution >= 4 is 27.5 Å². The Bertz CT molecular complexity index is 635. The number of halogens is 1. The number of carbonyl (C=O) groups excluding carboxylic acids is 1. The second-order valence-electron chi connectivity index (χ2n) is 5.01. The van der Waals surface area contributed by atoms with E-state index in [0.29, 0.717) is 5.56 Å². The molecule has 1 fully saturated rings. The Balaban J connectivity index is 1.61. The average molecular weight is 347 g/mol. The normalized spacial score (nSPS) is 17.8. The molecule has 0 unspecified atom stereocenters. The van der Waals surface area contributed by atoms with Gasteiger partial charge in [-0.05, 0) is 40.5 Å². The second-order valence-corrected chi connectivity index (χ2v) is 5.92. The number of hydrogen-bond donors (Lipinski definition) is 1. The number of nitrogens with zero attached hydrogens (tertiary/aromatic N) is 3. The summed E-state index contributed by atoms with van der Waals surface area (Å²) in [6.07, 6.45) is 7.79. The molecule has 0 bridgehead atoms. The lowest BCUT2D eigenvalue weighted by atomic mass is 10.2. The van der Waals surface area contributed by atoms with Gasteiger partial charge >= 0.3 is 0 Å². The first-order chi connectivity index (χ1) is 10.2. The van der Waals surface area contributed by atoms with Gasteiger partial charge in [-0.25, -0.2) is 0 Å². The van der Waals surface area contributed by atoms with Gasteiger partial charge in [-0.2, -0.15) is 0 Å². The van der Waals surface area contributed by atoms with Crippen LogP contribution in [0.5, 0.6) is 0 Å². The highest BCUT2D eigenvalue weighted by molar-refractivity contribution is 9.10. The number of amides is 1. The van der Waals surface area contributed by atoms with Crippen LogP contribution in [0.4, 0.5) is 5.69 Å². The molecule has 5 nitrogen and oxygen atoms in total. The second kappa shape index (κ2) is 6.22. The van der Waals surface area contributed by atoms with Crippen LogP contribution in [0.1, 0.15) is 16.8 Å². The van der Waals surface area contributed by atoms with Crippen molar-refractivity contribution in [3.8, 4) is 0 Å². The van der Waals surface area contributed by atoms with Gasteiger partial charge in [0.2, 0.25) is 0 Å². The van der Waals surface area contributed by atoms with Crippen molar-refractivity contribution in [1.82, 2.24) is 15.3 Å². The summed E-state index contributed by atoms with van der Waals surface area (Å²) in [5.41, 5.74) is 1.67. The van der Waals surface area contributed by atoms with Gasteiger partial charge in [0.1, 0.15) is 0 Å². The lowest BCUT2D eigenvalue weighted by Crippen LogP contribution is -2.37. The van der Waals surface area contributed by atoms with E-state index in [1.54, 1.807) is 24.7 Å². The Hall–Kier alpha value is -1.95. The first-order valence-corrected chi connectivity index (χ1v) is 7.58. The van der Waals surface area contributed by atoms with E-state index >= 15 is 0 Å². The van der Waals surface area contributed by atoms with Crippen molar-refractivity contribution in [2.24, 2.45) is 0 Å². The molecule has 1 atom stereocenters. The standard InChI is InChI=1S/C15H15BrN4O/c16-12-6-11(7-18-8-12)15(21)19-13-3-5-20(10-13)14-2-1-4-17-9-14/h1-2,4,6-9,13H,3,5,10H2,(H,19,21)/t13-/m1/s1. The molecule has 21 heavy (non-hydrogen) atoms. The summed E-state index contributed by atoms with van der Waals surface area (Å²) in [6.45, 7) is 1.73. The molecule has 3 rings (SSSR count). The third-order valence-electron chi connectivity index (χ3n) is 3.50. The smallest absolute Gasteiger partial charge is 0.253 e. The molecule has 108 valence electrons. The molecule has 3 heterocycles. The van der Waals surface area contributed by atoms with Crippen LogP contribution in [0.25, 0.3) is 0 Å². The van der Waals surface area contributed by atoms with Gasteiger partial charge < -0.3 is 10.2 Å². The fourth-order valence-corrected chi connectivity index (χ4v) is 2.82. The number of nitrogens with one attached hydrogen (secondary N) is 1. The molecule has 2 aromatic heterocycles. The SMILES string of the molecule is O=C(N[C@@H]1CCN(c2cccnc2)C1)c1cncc(Br)c1. The molecule has 1 aliphatic heterocycles. The molecule has 1 aliphatic rings. The van der Waals surface area contributed by atoms with E-state index in [-0.39, 0.29) is 11.9 Å². The maximum atomic E-state index is 12.2. The van der Waals surface area contributed by atoms with Crippen LogP contribution in [0, 0.1) is 0 Å². The van der Waals surface area contributed by atoms with Crippen LogP contribution < -0.4 is 10.2 Å². The molecular weight excluding hydrogens is 332 g/mol. The molecule has 1 saturated heterocycles. The maximum Gasteiger partial charge on any atom is 0.253 e. The highest BCUT2D eigenvalue weighted by Gasteiger charge is 2.24. The van der Waals surface area contributed by atoms with Crippen LogP contribution in [-0.2, 0) is 0 Å². The Morgan fingerprint density at radius 3 is 3.00 bits per heavy atom. The molecule has 6 heteroatoms. The van der Waals surface area contributed by atoms with Crippen molar-refractivity contribution in [2.75, 3.05) is 18.0 Å². The highest BCUT2D eigenvalue weighted by atomic mass is 79.9. The van der Waals surface area contributed by atoms with E-state index in [9.17, 15) is 4.79 Å². The van der Waals surface area contributed by atoms with Gasteiger partial charge in [-0.3, -0.25) is 14.8 Å². The van der Waals surface area contributed by atoms with E-state index in [2.05, 4.69) is 36.1 Å². The Kier molecular flexibility index (Phi) is 4.15. The molecule has 0 aromatic carbocycles. The predicted molar refractivity (Wildman–Crippen MR) is 84.3 cm³/mol. The van der Waals surface area contributed by atoms with Crippen molar-refractivity contribution in [3.05, 3.63) is 53.0 Å². The van der Waals surface area contributed by atoms with Crippen LogP contribution >= 0.6 is 15.9 Å². The predicted octanol–water partition coefficient (Wildman–Crippen LogP) is 2.25. The van der Waals surface area contributed by atoms with E-state index in [1.807, 2.05) is 18.3 Å². The third kappa shape index (κ3) is 3.39. The fourth-order valence-electron chi connectivity index (χ4n) is 2.46. The summed E-state index contributed by atoms with van der Waals surface area (Å²) in [4.78, 5) is 22.6. The van der Waals surface area contributed by atoms with Crippen LogP contribution in [0.15, 0.2) is 47.5 Å². The van der Waals surface area contributed by atoms with Gasteiger partial charge in [0.05, 0.1) is 17.4 Å². The Labute approximate surface area is 131 Å². The summed E-state index contributed by atoms with van der Waals surface area (Å²) in [7, 11) is 0. The summed E-state index contributed by atoms with van der Waals surface area (Å²) in [6, 6.07) is 5.89. The summed E-state index contributed by atoms with van der Waals surface area (Å²) in [5.74, 6) is -0.0816.